The molecule has 0 spiro atoms. The maximum absolute atomic E-state index is 12.4. The smallest absolute Gasteiger partial charge is 0.128 e. The van der Waals surface area contributed by atoms with E-state index in [1.54, 1.807) is 0 Å². The summed E-state index contributed by atoms with van der Waals surface area (Å²) in [6, 6.07) is 0. The van der Waals surface area contributed by atoms with E-state index in [1.165, 1.54) is 38.5 Å². The second kappa shape index (κ2) is 5.84. The lowest BCUT2D eigenvalue weighted by Gasteiger charge is -2.61. The van der Waals surface area contributed by atoms with Gasteiger partial charge in [0.15, 0.2) is 0 Å². The molecule has 4 saturated carbocycles. The van der Waals surface area contributed by atoms with Crippen LogP contribution in [0.3, 0.4) is 0 Å². The van der Waals surface area contributed by atoms with Gasteiger partial charge in [0.05, 0.1) is 13.4 Å². The molecule has 138 valence electrons. The van der Waals surface area contributed by atoms with E-state index in [1.807, 2.05) is 6.92 Å². The van der Waals surface area contributed by atoms with Crippen molar-refractivity contribution in [1.82, 2.24) is 0 Å². The second-order valence-electron chi connectivity index (χ2n) is 10.7. The van der Waals surface area contributed by atoms with Crippen molar-refractivity contribution in [1.29, 1.82) is 0 Å². The van der Waals surface area contributed by atoms with E-state index in [0.29, 0.717) is 23.0 Å². The molecular weight excluding hydrogens is 307 g/mol. The van der Waals surface area contributed by atoms with Crippen molar-refractivity contribution in [2.24, 2.45) is 40.4 Å². The number of aliphatic hydroxyl groups is 1. The Balaban J connectivity index is 1.59. The molecule has 4 aliphatic carbocycles. The van der Waals surface area contributed by atoms with E-state index in [2.05, 4.69) is 13.8 Å². The fourth-order valence-electron chi connectivity index (χ4n) is 8.10. The van der Waals surface area contributed by atoms with Crippen LogP contribution in [0.2, 0.25) is 6.32 Å². The largest absolute Gasteiger partial charge is 0.390 e. The van der Waals surface area contributed by atoms with Crippen molar-refractivity contribution in [3.05, 3.63) is 0 Å². The van der Waals surface area contributed by atoms with Crippen LogP contribution >= 0.6 is 0 Å². The number of carbonyl (C=O) groups is 1. The third-order valence-corrected chi connectivity index (χ3v) is 9.54. The predicted octanol–water partition coefficient (Wildman–Crippen LogP) is 4.55. The minimum absolute atomic E-state index is 0.195. The molecule has 0 aromatic rings. The van der Waals surface area contributed by atoms with Crippen molar-refractivity contribution >= 4 is 13.6 Å². The highest BCUT2D eigenvalue weighted by molar-refractivity contribution is 6.20. The number of Topliss-reactive ketones (excluding diaryl/α,β-unsaturated/α-hetero) is 1. The zero-order valence-electron chi connectivity index (χ0n) is 16.4. The Morgan fingerprint density at radius 1 is 0.960 bits per heavy atom. The molecule has 25 heavy (non-hydrogen) atoms. The molecule has 1 N–H and O–H groups in total. The van der Waals surface area contributed by atoms with Crippen LogP contribution in [0, 0.1) is 40.4 Å². The summed E-state index contributed by atoms with van der Waals surface area (Å²) in [6.07, 6.45) is 10.7. The summed E-state index contributed by atoms with van der Waals surface area (Å²) in [5.74, 6) is 3.50. The van der Waals surface area contributed by atoms with Crippen molar-refractivity contribution in [3.63, 3.8) is 0 Å². The fraction of sp³-hybridized carbons (Fsp3) is 0.955. The molecule has 2 radical (unpaired) electrons. The molecule has 2 nitrogen and oxygen atoms in total. The first-order valence-electron chi connectivity index (χ1n) is 10.7. The molecule has 0 heterocycles. The number of fused-ring (bicyclic) bond motifs is 5. The maximum Gasteiger partial charge on any atom is 0.128 e. The topological polar surface area (TPSA) is 37.3 Å². The van der Waals surface area contributed by atoms with Crippen LogP contribution in [0.5, 0.6) is 0 Å². The van der Waals surface area contributed by atoms with Crippen molar-refractivity contribution < 1.29 is 9.90 Å². The van der Waals surface area contributed by atoms with Gasteiger partial charge in [-0.15, -0.1) is 0 Å². The van der Waals surface area contributed by atoms with E-state index < -0.39 is 5.60 Å². The van der Waals surface area contributed by atoms with Gasteiger partial charge in [0.1, 0.15) is 5.78 Å². The minimum atomic E-state index is -0.452. The number of rotatable bonds is 2. The van der Waals surface area contributed by atoms with Gasteiger partial charge in [0, 0.05) is 5.92 Å². The lowest BCUT2D eigenvalue weighted by molar-refractivity contribution is -0.150. The summed E-state index contributed by atoms with van der Waals surface area (Å²) in [4.78, 5) is 12.4. The molecule has 0 aliphatic heterocycles. The van der Waals surface area contributed by atoms with Crippen LogP contribution in [-0.4, -0.2) is 24.3 Å². The Morgan fingerprint density at radius 3 is 2.40 bits per heavy atom. The first kappa shape index (κ1) is 18.1. The van der Waals surface area contributed by atoms with Gasteiger partial charge in [-0.05, 0) is 106 Å². The molecule has 0 aromatic carbocycles. The van der Waals surface area contributed by atoms with E-state index >= 15 is 0 Å². The Hall–Kier alpha value is -0.305. The Kier molecular flexibility index (Phi) is 4.23. The van der Waals surface area contributed by atoms with Gasteiger partial charge in [-0.3, -0.25) is 0 Å². The Labute approximate surface area is 154 Å². The molecule has 3 heteroatoms. The van der Waals surface area contributed by atoms with Crippen LogP contribution < -0.4 is 0 Å². The molecule has 4 rings (SSSR count). The Morgan fingerprint density at radius 2 is 1.68 bits per heavy atom. The molecule has 8 atom stereocenters. The molecule has 0 amide bonds. The van der Waals surface area contributed by atoms with Gasteiger partial charge in [-0.1, -0.05) is 13.8 Å². The van der Waals surface area contributed by atoms with Crippen LogP contribution in [-0.2, 0) is 4.79 Å². The average molecular weight is 342 g/mol. The van der Waals surface area contributed by atoms with Crippen LogP contribution in [0.15, 0.2) is 0 Å². The zero-order valence-corrected chi connectivity index (χ0v) is 16.4. The number of hydrogen-bond acceptors (Lipinski definition) is 2. The summed E-state index contributed by atoms with van der Waals surface area (Å²) in [5, 5.41) is 10.6. The number of carbonyl (C=O) groups excluding carboxylic acids is 1. The van der Waals surface area contributed by atoms with Crippen molar-refractivity contribution in [3.8, 4) is 0 Å². The first-order chi connectivity index (χ1) is 11.7. The van der Waals surface area contributed by atoms with Crippen LogP contribution in [0.4, 0.5) is 0 Å². The molecule has 0 bridgehead atoms. The highest BCUT2D eigenvalue weighted by Gasteiger charge is 2.61. The first-order valence-corrected chi connectivity index (χ1v) is 10.7. The lowest BCUT2D eigenvalue weighted by atomic mass is 9.44. The van der Waals surface area contributed by atoms with E-state index in [0.717, 1.165) is 31.1 Å². The highest BCUT2D eigenvalue weighted by atomic mass is 16.3. The van der Waals surface area contributed by atoms with Crippen LogP contribution in [0.25, 0.3) is 0 Å². The molecule has 0 aromatic heterocycles. The molecule has 0 unspecified atom stereocenters. The van der Waals surface area contributed by atoms with Gasteiger partial charge in [-0.25, -0.2) is 0 Å². The summed E-state index contributed by atoms with van der Waals surface area (Å²) in [7, 11) is 5.73. The molecule has 4 aliphatic rings. The van der Waals surface area contributed by atoms with Crippen LogP contribution in [0.1, 0.15) is 78.6 Å². The highest BCUT2D eigenvalue weighted by Crippen LogP contribution is 2.68. The lowest BCUT2D eigenvalue weighted by Crippen LogP contribution is -2.55. The number of hydrogen-bond donors (Lipinski definition) is 1. The summed E-state index contributed by atoms with van der Waals surface area (Å²) in [5.41, 5.74) is 0.148. The summed E-state index contributed by atoms with van der Waals surface area (Å²) >= 11 is 0. The normalized spacial score (nSPS) is 55.1. The van der Waals surface area contributed by atoms with Crippen molar-refractivity contribution in [2.45, 2.75) is 90.5 Å². The molecular formula is C22H35BO2. The minimum Gasteiger partial charge on any atom is -0.390 e. The van der Waals surface area contributed by atoms with E-state index in [9.17, 15) is 9.90 Å². The Bertz CT molecular complexity index is 558. The number of ketones is 1. The summed E-state index contributed by atoms with van der Waals surface area (Å²) < 4.78 is 0. The second-order valence-corrected chi connectivity index (χ2v) is 10.7. The monoisotopic (exact) mass is 342 g/mol. The van der Waals surface area contributed by atoms with Gasteiger partial charge in [0.2, 0.25) is 0 Å². The predicted molar refractivity (Wildman–Crippen MR) is 101 cm³/mol. The summed E-state index contributed by atoms with van der Waals surface area (Å²) in [6.45, 7) is 6.97. The zero-order chi connectivity index (χ0) is 18.0. The molecule has 4 fully saturated rings. The fourth-order valence-corrected chi connectivity index (χ4v) is 8.10. The van der Waals surface area contributed by atoms with Crippen molar-refractivity contribution in [2.75, 3.05) is 0 Å². The SMILES string of the molecule is [B]CC(=O)[C@H]1CC[C@H]2[C@@H]3CC[C@H]4C[C@](C)(O)CC[C@]4(C)[C@H]3CC[C@]12C. The quantitative estimate of drug-likeness (QED) is 0.748. The van der Waals surface area contributed by atoms with E-state index in [-0.39, 0.29) is 17.7 Å². The van der Waals surface area contributed by atoms with Gasteiger partial charge in [0.25, 0.3) is 0 Å². The third-order valence-electron chi connectivity index (χ3n) is 9.54. The van der Waals surface area contributed by atoms with Gasteiger partial charge in [-0.2, -0.15) is 0 Å². The van der Waals surface area contributed by atoms with Gasteiger partial charge < -0.3 is 9.90 Å². The van der Waals surface area contributed by atoms with E-state index in [4.69, 9.17) is 7.85 Å². The van der Waals surface area contributed by atoms with Gasteiger partial charge >= 0.3 is 0 Å². The molecule has 0 saturated heterocycles. The third kappa shape index (κ3) is 2.58. The maximum atomic E-state index is 12.4. The average Bonchev–Trinajstić information content (AvgIpc) is 2.92. The standard InChI is InChI=1S/C22H35BO2/c1-20(25)10-11-21(2)14(12-20)4-5-15-16-6-7-18(19(24)13-23)22(16,3)9-8-17(15)21/h14-18,25H,4-13H2,1-3H3/t14-,15-,16-,17-,18+,20+,21-,22-/m0/s1.